The van der Waals surface area contributed by atoms with Crippen LogP contribution in [0.25, 0.3) is 0 Å². The molecule has 1 aliphatic heterocycles. The largest absolute Gasteiger partial charge is 0.328 e. The Kier molecular flexibility index (Phi) is 11.2. The van der Waals surface area contributed by atoms with Crippen LogP contribution in [0.4, 0.5) is 9.18 Å². The Labute approximate surface area is 204 Å². The summed E-state index contributed by atoms with van der Waals surface area (Å²) in [5.74, 6) is -2.73. The van der Waals surface area contributed by atoms with E-state index in [4.69, 9.17) is 4.84 Å². The zero-order valence-electron chi connectivity index (χ0n) is 20.3. The summed E-state index contributed by atoms with van der Waals surface area (Å²) in [7, 11) is 0. The third-order valence-electron chi connectivity index (χ3n) is 5.49. The summed E-state index contributed by atoms with van der Waals surface area (Å²) in [5, 5.41) is 6.01. The molecule has 3 amide bonds. The number of nitrogens with one attached hydrogen (secondary N) is 2. The van der Waals surface area contributed by atoms with Gasteiger partial charge < -0.3 is 5.32 Å². The summed E-state index contributed by atoms with van der Waals surface area (Å²) in [5.41, 5.74) is 0.879. The van der Waals surface area contributed by atoms with Crippen molar-refractivity contribution < 1.29 is 28.4 Å². The molecular formula is C25H33FN4O5. The van der Waals surface area contributed by atoms with Crippen molar-refractivity contribution in [2.45, 2.75) is 59.1 Å². The summed E-state index contributed by atoms with van der Waals surface area (Å²) < 4.78 is 13.2. The van der Waals surface area contributed by atoms with Crippen LogP contribution >= 0.6 is 0 Å². The van der Waals surface area contributed by atoms with E-state index in [-0.39, 0.29) is 30.7 Å². The predicted molar refractivity (Wildman–Crippen MR) is 129 cm³/mol. The molecule has 0 saturated carbocycles. The Hall–Kier alpha value is -3.40. The van der Waals surface area contributed by atoms with Gasteiger partial charge in [0.1, 0.15) is 12.4 Å². The molecule has 0 aliphatic carbocycles. The van der Waals surface area contributed by atoms with Crippen LogP contribution in [0.1, 0.15) is 52.0 Å². The molecule has 2 N–H and O–H groups in total. The lowest BCUT2D eigenvalue weighted by Crippen LogP contribution is -2.53. The number of nitrogens with zero attached hydrogens (tertiary/aromatic N) is 2. The third-order valence-corrected chi connectivity index (χ3v) is 5.49. The van der Waals surface area contributed by atoms with Gasteiger partial charge in [0.05, 0.1) is 25.2 Å². The Morgan fingerprint density at radius 2 is 1.97 bits per heavy atom. The summed E-state index contributed by atoms with van der Waals surface area (Å²) >= 11 is 0. The molecule has 10 heteroatoms. The minimum absolute atomic E-state index is 0.0386. The number of hydroxylamine groups is 2. The second-order valence-electron chi connectivity index (χ2n) is 8.68. The van der Waals surface area contributed by atoms with Crippen LogP contribution in [0.2, 0.25) is 0 Å². The first-order valence-corrected chi connectivity index (χ1v) is 11.7. The SMILES string of the molecule is CCCC[C@H](CN(C=O)OCc1ccccc1)C(=O)[C@@H](NC(=O)NC1=NC=C(F)CC1=O)C(C)C. The molecule has 2 rings (SSSR count). The number of halogens is 1. The molecule has 0 aromatic heterocycles. The van der Waals surface area contributed by atoms with Crippen LogP contribution in [-0.4, -0.2) is 47.5 Å². The number of allylic oxidation sites excluding steroid dienone is 1. The third kappa shape index (κ3) is 9.05. The van der Waals surface area contributed by atoms with Gasteiger partial charge in [-0.05, 0) is 17.9 Å². The fourth-order valence-corrected chi connectivity index (χ4v) is 3.55. The van der Waals surface area contributed by atoms with Crippen molar-refractivity contribution >= 4 is 29.8 Å². The number of amides is 3. The minimum Gasteiger partial charge on any atom is -0.328 e. The summed E-state index contributed by atoms with van der Waals surface area (Å²) in [6, 6.07) is 7.66. The Morgan fingerprint density at radius 3 is 2.57 bits per heavy atom. The number of urea groups is 1. The number of hydrogen-bond acceptors (Lipinski definition) is 6. The lowest BCUT2D eigenvalue weighted by atomic mass is 9.87. The first-order valence-electron chi connectivity index (χ1n) is 11.7. The summed E-state index contributed by atoms with van der Waals surface area (Å²) in [6.07, 6.45) is 3.04. The number of hydrogen-bond donors (Lipinski definition) is 2. The van der Waals surface area contributed by atoms with Crippen molar-refractivity contribution in [1.82, 2.24) is 15.7 Å². The highest BCUT2D eigenvalue weighted by Crippen LogP contribution is 2.18. The van der Waals surface area contributed by atoms with Crippen molar-refractivity contribution in [2.75, 3.05) is 6.54 Å². The fourth-order valence-electron chi connectivity index (χ4n) is 3.55. The predicted octanol–water partition coefficient (Wildman–Crippen LogP) is 3.46. The van der Waals surface area contributed by atoms with Crippen LogP contribution in [-0.2, 0) is 25.8 Å². The van der Waals surface area contributed by atoms with E-state index >= 15 is 0 Å². The van der Waals surface area contributed by atoms with E-state index in [2.05, 4.69) is 15.6 Å². The zero-order valence-corrected chi connectivity index (χ0v) is 20.3. The first kappa shape index (κ1) is 27.8. The fraction of sp³-hybridized carbons (Fsp3) is 0.480. The molecular weight excluding hydrogens is 455 g/mol. The number of carbonyl (C=O) groups excluding carboxylic acids is 4. The average molecular weight is 489 g/mol. The lowest BCUT2D eigenvalue weighted by molar-refractivity contribution is -0.182. The highest BCUT2D eigenvalue weighted by molar-refractivity contribution is 6.42. The van der Waals surface area contributed by atoms with Crippen LogP contribution < -0.4 is 10.6 Å². The Balaban J connectivity index is 2.07. The molecule has 9 nitrogen and oxygen atoms in total. The number of amidine groups is 1. The van der Waals surface area contributed by atoms with E-state index in [0.29, 0.717) is 12.8 Å². The monoisotopic (exact) mass is 488 g/mol. The van der Waals surface area contributed by atoms with E-state index in [1.165, 1.54) is 0 Å². The van der Waals surface area contributed by atoms with Crippen LogP contribution in [0, 0.1) is 11.8 Å². The normalized spacial score (nSPS) is 15.1. The maximum absolute atomic E-state index is 13.5. The van der Waals surface area contributed by atoms with Gasteiger partial charge in [-0.25, -0.2) is 19.2 Å². The maximum Gasteiger partial charge on any atom is 0.321 e. The Morgan fingerprint density at radius 1 is 1.26 bits per heavy atom. The van der Waals surface area contributed by atoms with Gasteiger partial charge in [-0.3, -0.25) is 24.5 Å². The first-order chi connectivity index (χ1) is 16.7. The highest BCUT2D eigenvalue weighted by Gasteiger charge is 2.32. The second kappa shape index (κ2) is 14.1. The molecule has 0 spiro atoms. The zero-order chi connectivity index (χ0) is 25.8. The van der Waals surface area contributed by atoms with Crippen LogP contribution in [0.3, 0.4) is 0 Å². The smallest absolute Gasteiger partial charge is 0.321 e. The highest BCUT2D eigenvalue weighted by atomic mass is 19.1. The van der Waals surface area contributed by atoms with Crippen molar-refractivity contribution in [1.29, 1.82) is 0 Å². The van der Waals surface area contributed by atoms with Gasteiger partial charge in [0.2, 0.25) is 12.2 Å². The minimum atomic E-state index is -0.883. The van der Waals surface area contributed by atoms with Crippen molar-refractivity contribution in [3.63, 3.8) is 0 Å². The van der Waals surface area contributed by atoms with E-state index < -0.39 is 36.0 Å². The van der Waals surface area contributed by atoms with E-state index in [1.807, 2.05) is 37.3 Å². The van der Waals surface area contributed by atoms with Crippen LogP contribution in [0.5, 0.6) is 0 Å². The summed E-state index contributed by atoms with van der Waals surface area (Å²) in [4.78, 5) is 58.7. The number of rotatable bonds is 13. The van der Waals surface area contributed by atoms with Gasteiger partial charge in [0, 0.05) is 5.92 Å². The average Bonchev–Trinajstić information content (AvgIpc) is 2.84. The van der Waals surface area contributed by atoms with E-state index in [9.17, 15) is 23.6 Å². The van der Waals surface area contributed by atoms with Crippen LogP contribution in [0.15, 0.2) is 47.4 Å². The second-order valence-corrected chi connectivity index (χ2v) is 8.68. The molecule has 1 heterocycles. The molecule has 1 aromatic rings. The molecule has 1 aliphatic rings. The van der Waals surface area contributed by atoms with E-state index in [0.717, 1.165) is 29.7 Å². The molecule has 0 bridgehead atoms. The molecule has 2 atom stereocenters. The van der Waals surface area contributed by atoms with Gasteiger partial charge in [-0.1, -0.05) is 63.9 Å². The van der Waals surface area contributed by atoms with E-state index in [1.54, 1.807) is 13.8 Å². The standard InChI is InChI=1S/C25H33FN4O5/c1-4-5-11-19(14-30(16-31)35-15-18-9-7-6-8-10-18)23(33)22(17(2)3)28-25(34)29-24-21(32)12-20(26)13-27-24/h6-10,13,16-17,19,22H,4-5,11-12,14-15H2,1-3H3,(H2,27,28,29,34)/t19-,22+/m1/s1. The Bertz CT molecular complexity index is 948. The maximum atomic E-state index is 13.5. The number of Topliss-reactive ketones (excluding diaryl/α,β-unsaturated/α-hetero) is 2. The van der Waals surface area contributed by atoms with Crippen molar-refractivity contribution in [3.8, 4) is 0 Å². The number of unbranched alkanes of at least 4 members (excludes halogenated alkanes) is 1. The van der Waals surface area contributed by atoms with Crippen molar-refractivity contribution in [2.24, 2.45) is 16.8 Å². The van der Waals surface area contributed by atoms with Gasteiger partial charge in [-0.2, -0.15) is 0 Å². The van der Waals surface area contributed by atoms with Gasteiger partial charge in [-0.15, -0.1) is 0 Å². The quantitative estimate of drug-likeness (QED) is 0.326. The molecule has 190 valence electrons. The molecule has 35 heavy (non-hydrogen) atoms. The molecule has 0 fully saturated rings. The molecule has 0 radical (unpaired) electrons. The number of benzene rings is 1. The molecule has 0 saturated heterocycles. The molecule has 0 unspecified atom stereocenters. The van der Waals surface area contributed by atoms with Gasteiger partial charge in [0.15, 0.2) is 11.6 Å². The number of ketones is 2. The lowest BCUT2D eigenvalue weighted by Gasteiger charge is -2.28. The molecule has 1 aromatic carbocycles. The van der Waals surface area contributed by atoms with Crippen molar-refractivity contribution in [3.05, 3.63) is 47.9 Å². The number of aliphatic imine (C=N–C) groups is 1. The van der Waals surface area contributed by atoms with Gasteiger partial charge >= 0.3 is 6.03 Å². The van der Waals surface area contributed by atoms with Gasteiger partial charge in [0.25, 0.3) is 0 Å². The topological polar surface area (TPSA) is 117 Å². The number of carbonyl (C=O) groups is 4. The summed E-state index contributed by atoms with van der Waals surface area (Å²) in [6.45, 7) is 5.77.